The van der Waals surface area contributed by atoms with Gasteiger partial charge in [0, 0.05) is 18.6 Å². The maximum Gasteiger partial charge on any atom is 0.191 e. The lowest BCUT2D eigenvalue weighted by molar-refractivity contribution is -0.0418. The topological polar surface area (TPSA) is 27.7 Å². The molecule has 1 saturated heterocycles. The number of fused-ring (bicyclic) bond motifs is 1. The molecule has 27 heavy (non-hydrogen) atoms. The largest absolute Gasteiger partial charge is 0.493 e. The van der Waals surface area contributed by atoms with Crippen molar-refractivity contribution in [2.45, 2.75) is 50.7 Å². The molecule has 0 aromatic heterocycles. The highest BCUT2D eigenvalue weighted by Gasteiger charge is 2.32. The third-order valence-electron chi connectivity index (χ3n) is 5.27. The van der Waals surface area contributed by atoms with Crippen molar-refractivity contribution in [2.24, 2.45) is 0 Å². The van der Waals surface area contributed by atoms with E-state index in [4.69, 9.17) is 14.2 Å². The average molecular weight is 374 g/mol. The molecule has 3 nitrogen and oxygen atoms in total. The Hall–Kier alpha value is -2.14. The van der Waals surface area contributed by atoms with E-state index in [0.29, 0.717) is 13.2 Å². The van der Waals surface area contributed by atoms with Gasteiger partial charge in [-0.25, -0.2) is 8.78 Å². The van der Waals surface area contributed by atoms with E-state index in [9.17, 15) is 8.78 Å². The average Bonchev–Trinajstić information content (AvgIpc) is 3.11. The van der Waals surface area contributed by atoms with Gasteiger partial charge in [0.2, 0.25) is 0 Å². The first-order chi connectivity index (χ1) is 13.2. The van der Waals surface area contributed by atoms with E-state index in [1.54, 1.807) is 0 Å². The van der Waals surface area contributed by atoms with Crippen LogP contribution in [0.25, 0.3) is 0 Å². The molecule has 1 fully saturated rings. The smallest absolute Gasteiger partial charge is 0.191 e. The first-order valence-electron chi connectivity index (χ1n) is 9.71. The fourth-order valence-corrected chi connectivity index (χ4v) is 3.88. The maximum atomic E-state index is 14.3. The lowest BCUT2D eigenvalue weighted by Gasteiger charge is -2.30. The second-order valence-corrected chi connectivity index (χ2v) is 7.14. The van der Waals surface area contributed by atoms with Crippen molar-refractivity contribution in [1.82, 2.24) is 0 Å². The number of halogens is 2. The summed E-state index contributed by atoms with van der Waals surface area (Å²) >= 11 is 0. The van der Waals surface area contributed by atoms with Crippen LogP contribution in [0.2, 0.25) is 0 Å². The molecule has 0 saturated carbocycles. The summed E-state index contributed by atoms with van der Waals surface area (Å²) in [6, 6.07) is 9.63. The highest BCUT2D eigenvalue weighted by atomic mass is 19.1. The van der Waals surface area contributed by atoms with Crippen LogP contribution in [0.3, 0.4) is 0 Å². The molecular weight excluding hydrogens is 350 g/mol. The number of ether oxygens (including phenoxy) is 3. The molecule has 5 heteroatoms. The lowest BCUT2D eigenvalue weighted by atomic mass is 9.95. The van der Waals surface area contributed by atoms with Crippen LogP contribution < -0.4 is 9.47 Å². The van der Waals surface area contributed by atoms with Crippen LogP contribution in [0.4, 0.5) is 8.78 Å². The number of rotatable bonds is 4. The first kappa shape index (κ1) is 18.2. The molecule has 0 bridgehead atoms. The Morgan fingerprint density at radius 2 is 1.70 bits per heavy atom. The van der Waals surface area contributed by atoms with Gasteiger partial charge in [-0.05, 0) is 30.5 Å². The van der Waals surface area contributed by atoms with Crippen molar-refractivity contribution < 1.29 is 23.0 Å². The summed E-state index contributed by atoms with van der Waals surface area (Å²) < 4.78 is 46.4. The van der Waals surface area contributed by atoms with Crippen molar-refractivity contribution in [3.05, 3.63) is 59.2 Å². The summed E-state index contributed by atoms with van der Waals surface area (Å²) in [5.41, 5.74) is 1.90. The molecule has 2 aliphatic rings. The van der Waals surface area contributed by atoms with E-state index in [0.717, 1.165) is 55.4 Å². The van der Waals surface area contributed by atoms with Crippen LogP contribution in [0.15, 0.2) is 36.4 Å². The highest BCUT2D eigenvalue weighted by Crippen LogP contribution is 2.40. The Labute approximate surface area is 158 Å². The third kappa shape index (κ3) is 3.93. The number of hydrogen-bond acceptors (Lipinski definition) is 3. The Kier molecular flexibility index (Phi) is 5.58. The molecule has 0 aliphatic carbocycles. The minimum Gasteiger partial charge on any atom is -0.493 e. The van der Waals surface area contributed by atoms with Gasteiger partial charge in [-0.3, -0.25) is 0 Å². The van der Waals surface area contributed by atoms with Crippen LogP contribution >= 0.6 is 0 Å². The lowest BCUT2D eigenvalue weighted by Crippen LogP contribution is -2.29. The van der Waals surface area contributed by atoms with E-state index in [2.05, 4.69) is 0 Å². The summed E-state index contributed by atoms with van der Waals surface area (Å²) in [5, 5.41) is 0. The minimum absolute atomic E-state index is 0.278. The normalized spacial score (nSPS) is 20.9. The Bertz CT molecular complexity index is 765. The van der Waals surface area contributed by atoms with E-state index in [-0.39, 0.29) is 11.9 Å². The fourth-order valence-electron chi connectivity index (χ4n) is 3.88. The molecule has 0 amide bonds. The zero-order valence-electron chi connectivity index (χ0n) is 15.3. The quantitative estimate of drug-likeness (QED) is 0.720. The molecular formula is C22H24F2O3. The van der Waals surface area contributed by atoms with Gasteiger partial charge in [0.1, 0.15) is 5.75 Å². The minimum atomic E-state index is -0.709. The predicted molar refractivity (Wildman–Crippen MR) is 98.2 cm³/mol. The Morgan fingerprint density at radius 3 is 2.56 bits per heavy atom. The summed E-state index contributed by atoms with van der Waals surface area (Å²) in [4.78, 5) is 0. The van der Waals surface area contributed by atoms with Gasteiger partial charge in [-0.2, -0.15) is 0 Å². The molecule has 144 valence electrons. The Morgan fingerprint density at radius 1 is 0.926 bits per heavy atom. The number of benzene rings is 2. The van der Waals surface area contributed by atoms with Crippen molar-refractivity contribution in [1.29, 1.82) is 0 Å². The van der Waals surface area contributed by atoms with E-state index < -0.39 is 17.7 Å². The monoisotopic (exact) mass is 374 g/mol. The fraction of sp³-hybridized carbons (Fsp3) is 0.455. The van der Waals surface area contributed by atoms with Gasteiger partial charge in [0.15, 0.2) is 23.5 Å². The molecule has 2 atom stereocenters. The first-order valence-corrected chi connectivity index (χ1v) is 9.71. The van der Waals surface area contributed by atoms with Gasteiger partial charge in [0.25, 0.3) is 0 Å². The maximum absolute atomic E-state index is 14.3. The SMILES string of the molecule is Fc1cccc(F)c1OC(c1cccc2c1OCC2)[C@@H]1CCCCCCO1. The molecule has 2 aliphatic heterocycles. The van der Waals surface area contributed by atoms with Crippen LogP contribution in [0, 0.1) is 11.6 Å². The van der Waals surface area contributed by atoms with Gasteiger partial charge in [-0.1, -0.05) is 43.5 Å². The van der Waals surface area contributed by atoms with E-state index >= 15 is 0 Å². The van der Waals surface area contributed by atoms with Crippen LogP contribution in [0.5, 0.6) is 11.5 Å². The van der Waals surface area contributed by atoms with E-state index in [1.165, 1.54) is 18.2 Å². The summed E-state index contributed by atoms with van der Waals surface area (Å²) in [6.07, 6.45) is 4.97. The van der Waals surface area contributed by atoms with Crippen LogP contribution in [0.1, 0.15) is 49.3 Å². The van der Waals surface area contributed by atoms with Crippen LogP contribution in [-0.4, -0.2) is 19.3 Å². The zero-order valence-corrected chi connectivity index (χ0v) is 15.3. The second-order valence-electron chi connectivity index (χ2n) is 7.14. The van der Waals surface area contributed by atoms with Gasteiger partial charge >= 0.3 is 0 Å². The molecule has 2 aromatic rings. The van der Waals surface area contributed by atoms with Crippen LogP contribution in [-0.2, 0) is 11.2 Å². The highest BCUT2D eigenvalue weighted by molar-refractivity contribution is 5.46. The number of para-hydroxylation sites is 2. The molecule has 1 unspecified atom stereocenters. The molecule has 0 radical (unpaired) electrons. The zero-order chi connectivity index (χ0) is 18.6. The molecule has 2 heterocycles. The summed E-state index contributed by atoms with van der Waals surface area (Å²) in [5.74, 6) is -1.01. The predicted octanol–water partition coefficient (Wildman–Crippen LogP) is 5.37. The van der Waals surface area contributed by atoms with E-state index in [1.807, 2.05) is 18.2 Å². The summed E-state index contributed by atoms with van der Waals surface area (Å²) in [6.45, 7) is 1.23. The number of hydrogen-bond donors (Lipinski definition) is 0. The molecule has 4 rings (SSSR count). The van der Waals surface area contributed by atoms with Crippen molar-refractivity contribution in [3.63, 3.8) is 0 Å². The van der Waals surface area contributed by atoms with Gasteiger partial charge < -0.3 is 14.2 Å². The van der Waals surface area contributed by atoms with Crippen molar-refractivity contribution in [3.8, 4) is 11.5 Å². The van der Waals surface area contributed by atoms with Crippen molar-refractivity contribution >= 4 is 0 Å². The third-order valence-corrected chi connectivity index (χ3v) is 5.27. The van der Waals surface area contributed by atoms with Gasteiger partial charge in [0.05, 0.1) is 12.7 Å². The molecule has 2 aromatic carbocycles. The standard InChI is InChI=1S/C22H24F2O3/c23-17-9-6-10-18(24)22(17)27-21(19-11-3-1-2-4-13-25-19)16-8-5-7-15-12-14-26-20(15)16/h5-10,19,21H,1-4,11-14H2/t19-,21?/m0/s1. The second kappa shape index (κ2) is 8.26. The summed E-state index contributed by atoms with van der Waals surface area (Å²) in [7, 11) is 0. The Balaban J connectivity index is 1.72. The molecule has 0 N–H and O–H groups in total. The molecule has 0 spiro atoms. The van der Waals surface area contributed by atoms with Gasteiger partial charge in [-0.15, -0.1) is 0 Å². The van der Waals surface area contributed by atoms with Crippen molar-refractivity contribution in [2.75, 3.05) is 13.2 Å².